The summed E-state index contributed by atoms with van der Waals surface area (Å²) in [5.74, 6) is 0.303. The summed E-state index contributed by atoms with van der Waals surface area (Å²) in [4.78, 5) is 31.4. The van der Waals surface area contributed by atoms with Crippen LogP contribution in [0.3, 0.4) is 0 Å². The van der Waals surface area contributed by atoms with Crippen LogP contribution in [-0.2, 0) is 14.4 Å². The highest BCUT2D eigenvalue weighted by Crippen LogP contribution is 2.49. The molecule has 0 radical (unpaired) electrons. The number of benzene rings is 2. The normalized spacial score (nSPS) is 17.5. The van der Waals surface area contributed by atoms with E-state index in [1.807, 2.05) is 48.5 Å². The van der Waals surface area contributed by atoms with E-state index in [9.17, 15) is 9.59 Å². The molecule has 2 aliphatic heterocycles. The van der Waals surface area contributed by atoms with Crippen LogP contribution < -0.4 is 15.0 Å². The molecule has 0 bridgehead atoms. The summed E-state index contributed by atoms with van der Waals surface area (Å²) < 4.78 is 10.4. The zero-order valence-electron chi connectivity index (χ0n) is 15.2. The molecule has 1 amide bonds. The van der Waals surface area contributed by atoms with Gasteiger partial charge < -0.3 is 14.3 Å². The van der Waals surface area contributed by atoms with E-state index in [0.29, 0.717) is 0 Å². The third kappa shape index (κ3) is 3.03. The number of carbonyl (C=O) groups is 2. The lowest BCUT2D eigenvalue weighted by molar-refractivity contribution is -0.147. The van der Waals surface area contributed by atoms with E-state index in [4.69, 9.17) is 14.3 Å². The molecule has 0 atom stereocenters. The smallest absolute Gasteiger partial charge is 0.355 e. The molecule has 2 heterocycles. The highest BCUT2D eigenvalue weighted by Gasteiger charge is 2.52. The van der Waals surface area contributed by atoms with E-state index < -0.39 is 17.3 Å². The Labute approximate surface area is 166 Å². The summed E-state index contributed by atoms with van der Waals surface area (Å²) in [6.45, 7) is 0. The van der Waals surface area contributed by atoms with Gasteiger partial charge in [-0.05, 0) is 47.5 Å². The summed E-state index contributed by atoms with van der Waals surface area (Å²) in [5, 5.41) is 0. The lowest BCUT2D eigenvalue weighted by atomic mass is 9.85. The zero-order valence-corrected chi connectivity index (χ0v) is 16.0. The third-order valence-corrected chi connectivity index (χ3v) is 5.78. The van der Waals surface area contributed by atoms with Crippen molar-refractivity contribution in [3.8, 4) is 11.5 Å². The SMILES string of the molecule is COc1ccc(C2=CC3(C=C(c4ccc(OC)cc4)S2)C(=O)NOC3=O)cc1. The number of hydrogen-bond donors (Lipinski definition) is 1. The van der Waals surface area contributed by atoms with Crippen LogP contribution in [0.25, 0.3) is 9.81 Å². The van der Waals surface area contributed by atoms with E-state index in [-0.39, 0.29) is 0 Å². The number of hydrogen-bond acceptors (Lipinski definition) is 6. The van der Waals surface area contributed by atoms with Gasteiger partial charge in [0.2, 0.25) is 0 Å². The second-order valence-corrected chi connectivity index (χ2v) is 7.35. The van der Waals surface area contributed by atoms with Gasteiger partial charge in [-0.3, -0.25) is 4.79 Å². The zero-order chi connectivity index (χ0) is 19.7. The number of methoxy groups -OCH3 is 2. The number of ether oxygens (including phenoxy) is 2. The predicted octanol–water partition coefficient (Wildman–Crippen LogP) is 3.41. The fraction of sp³-hybridized carbons (Fsp3) is 0.143. The maximum Gasteiger partial charge on any atom is 0.355 e. The number of carbonyl (C=O) groups excluding carboxylic acids is 2. The minimum absolute atomic E-state index is 0.505. The summed E-state index contributed by atoms with van der Waals surface area (Å²) in [5.41, 5.74) is 2.44. The van der Waals surface area contributed by atoms with E-state index in [1.54, 1.807) is 26.4 Å². The fourth-order valence-electron chi connectivity index (χ4n) is 3.03. The van der Waals surface area contributed by atoms with E-state index >= 15 is 0 Å². The molecule has 1 spiro atoms. The number of rotatable bonds is 4. The highest BCUT2D eigenvalue weighted by atomic mass is 32.2. The van der Waals surface area contributed by atoms with Gasteiger partial charge in [0.15, 0.2) is 5.41 Å². The molecule has 0 aromatic heterocycles. The third-order valence-electron chi connectivity index (χ3n) is 4.64. The minimum atomic E-state index is -1.49. The van der Waals surface area contributed by atoms with Crippen molar-refractivity contribution in [3.05, 3.63) is 71.8 Å². The predicted molar refractivity (Wildman–Crippen MR) is 106 cm³/mol. The number of thioether (sulfide) groups is 1. The van der Waals surface area contributed by atoms with E-state index in [0.717, 1.165) is 32.4 Å². The lowest BCUT2D eigenvalue weighted by Crippen LogP contribution is -2.33. The highest BCUT2D eigenvalue weighted by molar-refractivity contribution is 8.16. The second kappa shape index (κ2) is 7.09. The fourth-order valence-corrected chi connectivity index (χ4v) is 4.27. The van der Waals surface area contributed by atoms with Crippen LogP contribution in [-0.4, -0.2) is 26.1 Å². The summed E-state index contributed by atoms with van der Waals surface area (Å²) in [6.07, 6.45) is 3.30. The molecule has 0 saturated carbocycles. The quantitative estimate of drug-likeness (QED) is 0.800. The Balaban J connectivity index is 1.80. The molecule has 2 aromatic rings. The van der Waals surface area contributed by atoms with Crippen molar-refractivity contribution in [1.29, 1.82) is 0 Å². The molecule has 28 heavy (non-hydrogen) atoms. The van der Waals surface area contributed by atoms with Crippen molar-refractivity contribution in [3.63, 3.8) is 0 Å². The molecule has 1 fully saturated rings. The molecule has 0 unspecified atom stereocenters. The van der Waals surface area contributed by atoms with Gasteiger partial charge in [-0.25, -0.2) is 4.79 Å². The molecular formula is C21H17NO5S. The van der Waals surface area contributed by atoms with Gasteiger partial charge in [-0.1, -0.05) is 36.0 Å². The minimum Gasteiger partial charge on any atom is -0.497 e. The molecule has 1 saturated heterocycles. The van der Waals surface area contributed by atoms with Crippen LogP contribution in [0.4, 0.5) is 0 Å². The molecule has 2 aliphatic rings. The van der Waals surface area contributed by atoms with E-state index in [2.05, 4.69) is 5.48 Å². The first-order valence-corrected chi connectivity index (χ1v) is 9.31. The second-order valence-electron chi connectivity index (χ2n) is 6.27. The first-order chi connectivity index (χ1) is 13.6. The summed E-state index contributed by atoms with van der Waals surface area (Å²) in [6, 6.07) is 14.9. The van der Waals surface area contributed by atoms with Crippen molar-refractivity contribution in [2.45, 2.75) is 0 Å². The Morgan fingerprint density at radius 1 is 0.821 bits per heavy atom. The maximum atomic E-state index is 12.5. The largest absolute Gasteiger partial charge is 0.497 e. The van der Waals surface area contributed by atoms with Crippen molar-refractivity contribution < 1.29 is 23.9 Å². The summed E-state index contributed by atoms with van der Waals surface area (Å²) >= 11 is 1.48. The Kier molecular flexibility index (Phi) is 4.60. The number of hydroxylamine groups is 1. The van der Waals surface area contributed by atoms with Gasteiger partial charge >= 0.3 is 5.97 Å². The number of amides is 1. The lowest BCUT2D eigenvalue weighted by Gasteiger charge is -2.24. The molecule has 2 aromatic carbocycles. The van der Waals surface area contributed by atoms with Gasteiger partial charge in [-0.15, -0.1) is 0 Å². The van der Waals surface area contributed by atoms with Crippen LogP contribution in [0.15, 0.2) is 60.7 Å². The Morgan fingerprint density at radius 3 is 1.64 bits per heavy atom. The van der Waals surface area contributed by atoms with Gasteiger partial charge in [-0.2, -0.15) is 5.48 Å². The topological polar surface area (TPSA) is 73.9 Å². The van der Waals surface area contributed by atoms with Crippen LogP contribution in [0.5, 0.6) is 11.5 Å². The number of nitrogens with one attached hydrogen (secondary N) is 1. The molecule has 6 nitrogen and oxygen atoms in total. The van der Waals surface area contributed by atoms with Crippen molar-refractivity contribution in [1.82, 2.24) is 5.48 Å². The van der Waals surface area contributed by atoms with Crippen molar-refractivity contribution in [2.75, 3.05) is 14.2 Å². The van der Waals surface area contributed by atoms with Gasteiger partial charge in [0.1, 0.15) is 11.5 Å². The van der Waals surface area contributed by atoms with Crippen LogP contribution >= 0.6 is 11.8 Å². The Morgan fingerprint density at radius 2 is 1.29 bits per heavy atom. The average molecular weight is 395 g/mol. The monoisotopic (exact) mass is 395 g/mol. The Bertz CT molecular complexity index is 911. The van der Waals surface area contributed by atoms with Crippen LogP contribution in [0.1, 0.15) is 11.1 Å². The first kappa shape index (κ1) is 18.2. The molecule has 4 rings (SSSR count). The van der Waals surface area contributed by atoms with E-state index in [1.165, 1.54) is 11.8 Å². The van der Waals surface area contributed by atoms with Gasteiger partial charge in [0.05, 0.1) is 14.2 Å². The van der Waals surface area contributed by atoms with Gasteiger partial charge in [0.25, 0.3) is 5.91 Å². The standard InChI is InChI=1S/C21H17NO5S/c1-25-15-7-3-13(4-8-15)17-11-21(19(23)22-27-20(21)24)12-18(28-17)14-5-9-16(26-2)10-6-14/h3-12H,1-2H3,(H,22,23). The summed E-state index contributed by atoms with van der Waals surface area (Å²) in [7, 11) is 3.20. The first-order valence-electron chi connectivity index (χ1n) is 8.50. The Hall–Kier alpha value is -3.19. The maximum absolute atomic E-state index is 12.5. The molecule has 0 aliphatic carbocycles. The van der Waals surface area contributed by atoms with Crippen molar-refractivity contribution >= 4 is 33.4 Å². The van der Waals surface area contributed by atoms with Crippen molar-refractivity contribution in [2.24, 2.45) is 5.41 Å². The van der Waals surface area contributed by atoms with Crippen LogP contribution in [0, 0.1) is 5.41 Å². The average Bonchev–Trinajstić information content (AvgIpc) is 3.01. The van der Waals surface area contributed by atoms with Crippen LogP contribution in [0.2, 0.25) is 0 Å². The molecule has 1 N–H and O–H groups in total. The molecule has 142 valence electrons. The van der Waals surface area contributed by atoms with Gasteiger partial charge in [0, 0.05) is 9.81 Å². The molecule has 7 heteroatoms. The molecular weight excluding hydrogens is 378 g/mol.